The molecular weight excluding hydrogens is 466 g/mol. The normalized spacial score (nSPS) is 14.6. The van der Waals surface area contributed by atoms with E-state index in [9.17, 15) is 19.2 Å². The Morgan fingerprint density at radius 3 is 2.37 bits per heavy atom. The van der Waals surface area contributed by atoms with Crippen LogP contribution >= 0.6 is 11.8 Å². The molecule has 1 aliphatic heterocycles. The third kappa shape index (κ3) is 4.90. The monoisotopic (exact) mass is 489 g/mol. The molecular formula is C26H23N3O5S. The van der Waals surface area contributed by atoms with E-state index in [4.69, 9.17) is 5.11 Å². The molecule has 3 amide bonds. The number of hydrogen-bond donors (Lipinski definition) is 2. The third-order valence-electron chi connectivity index (χ3n) is 5.72. The van der Waals surface area contributed by atoms with E-state index in [2.05, 4.69) is 5.32 Å². The first-order chi connectivity index (χ1) is 16.7. The topological polar surface area (TPSA) is 109 Å². The summed E-state index contributed by atoms with van der Waals surface area (Å²) in [6.45, 7) is 5.27. The molecule has 35 heavy (non-hydrogen) atoms. The lowest BCUT2D eigenvalue weighted by atomic mass is 10.2. The highest BCUT2D eigenvalue weighted by molar-refractivity contribution is 8.18. The van der Waals surface area contributed by atoms with E-state index in [0.717, 1.165) is 44.9 Å². The summed E-state index contributed by atoms with van der Waals surface area (Å²) in [5.74, 6) is -1.97. The fraction of sp³-hybridized carbons (Fsp3) is 0.154. The summed E-state index contributed by atoms with van der Waals surface area (Å²) in [6.07, 6.45) is 1.65. The molecule has 2 N–H and O–H groups in total. The van der Waals surface area contributed by atoms with Crippen molar-refractivity contribution in [1.29, 1.82) is 0 Å². The average Bonchev–Trinajstić information content (AvgIpc) is 3.24. The standard InChI is InChI=1S/C26H23N3O5S/c1-15-6-4-5-7-21(15)27-23(30)14-28-24(31)22(35-26(28)34)13-19-12-16(2)29(17(19)3)20-10-8-18(9-11-20)25(32)33/h4-13H,14H2,1-3H3,(H,27,30)(H,32,33)/b22-13+. The highest BCUT2D eigenvalue weighted by Crippen LogP contribution is 2.33. The first-order valence-electron chi connectivity index (χ1n) is 10.8. The van der Waals surface area contributed by atoms with E-state index < -0.39 is 23.0 Å². The maximum atomic E-state index is 12.9. The van der Waals surface area contributed by atoms with Gasteiger partial charge >= 0.3 is 5.97 Å². The molecule has 1 saturated heterocycles. The van der Waals surface area contributed by atoms with Crippen LogP contribution in [0, 0.1) is 20.8 Å². The Balaban J connectivity index is 1.53. The smallest absolute Gasteiger partial charge is 0.335 e. The minimum Gasteiger partial charge on any atom is -0.478 e. The second-order valence-corrected chi connectivity index (χ2v) is 9.14. The predicted octanol–water partition coefficient (Wildman–Crippen LogP) is 4.78. The molecule has 4 rings (SSSR count). The van der Waals surface area contributed by atoms with Gasteiger partial charge in [-0.1, -0.05) is 18.2 Å². The van der Waals surface area contributed by atoms with Crippen LogP contribution in [0.15, 0.2) is 59.5 Å². The molecule has 0 bridgehead atoms. The Kier molecular flexibility index (Phi) is 6.61. The van der Waals surface area contributed by atoms with Gasteiger partial charge in [0.1, 0.15) is 6.54 Å². The van der Waals surface area contributed by atoms with Crippen molar-refractivity contribution >= 4 is 46.5 Å². The number of hydrogen-bond acceptors (Lipinski definition) is 5. The molecule has 1 aromatic heterocycles. The number of thioether (sulfide) groups is 1. The first-order valence-corrected chi connectivity index (χ1v) is 11.6. The van der Waals surface area contributed by atoms with Gasteiger partial charge in [-0.15, -0.1) is 0 Å². The van der Waals surface area contributed by atoms with Gasteiger partial charge in [0.25, 0.3) is 11.1 Å². The quantitative estimate of drug-likeness (QED) is 0.483. The lowest BCUT2D eigenvalue weighted by Gasteiger charge is -2.13. The molecule has 0 aliphatic carbocycles. The molecule has 178 valence electrons. The van der Waals surface area contributed by atoms with Gasteiger partial charge < -0.3 is 15.0 Å². The summed E-state index contributed by atoms with van der Waals surface area (Å²) < 4.78 is 1.94. The average molecular weight is 490 g/mol. The molecule has 0 saturated carbocycles. The van der Waals surface area contributed by atoms with Crippen LogP contribution in [-0.2, 0) is 9.59 Å². The minimum atomic E-state index is -0.999. The van der Waals surface area contributed by atoms with Gasteiger partial charge in [0.2, 0.25) is 5.91 Å². The van der Waals surface area contributed by atoms with Crippen molar-refractivity contribution in [2.45, 2.75) is 20.8 Å². The summed E-state index contributed by atoms with van der Waals surface area (Å²) in [5.41, 5.74) is 4.94. The van der Waals surface area contributed by atoms with Crippen LogP contribution < -0.4 is 5.32 Å². The van der Waals surface area contributed by atoms with Crippen LogP contribution in [0.5, 0.6) is 0 Å². The Bertz CT molecular complexity index is 1390. The van der Waals surface area contributed by atoms with E-state index in [1.165, 1.54) is 12.1 Å². The number of rotatable bonds is 6. The van der Waals surface area contributed by atoms with Gasteiger partial charge in [0, 0.05) is 22.8 Å². The van der Waals surface area contributed by atoms with Crippen LogP contribution in [0.1, 0.15) is 32.9 Å². The Hall–Kier alpha value is -4.11. The number of benzene rings is 2. The Labute approximate surface area is 206 Å². The van der Waals surface area contributed by atoms with Gasteiger partial charge in [0.15, 0.2) is 0 Å². The molecule has 1 aliphatic rings. The van der Waals surface area contributed by atoms with Crippen LogP contribution in [-0.4, -0.2) is 44.1 Å². The summed E-state index contributed by atoms with van der Waals surface area (Å²) in [5, 5.41) is 11.4. The van der Waals surface area contributed by atoms with Gasteiger partial charge in [-0.3, -0.25) is 19.3 Å². The molecule has 8 nitrogen and oxygen atoms in total. The Morgan fingerprint density at radius 2 is 1.71 bits per heavy atom. The van der Waals surface area contributed by atoms with E-state index in [0.29, 0.717) is 5.69 Å². The lowest BCUT2D eigenvalue weighted by molar-refractivity contribution is -0.127. The highest BCUT2D eigenvalue weighted by Gasteiger charge is 2.36. The maximum absolute atomic E-state index is 12.9. The summed E-state index contributed by atoms with van der Waals surface area (Å²) in [7, 11) is 0. The number of para-hydroxylation sites is 1. The molecule has 0 atom stereocenters. The fourth-order valence-electron chi connectivity index (χ4n) is 3.91. The van der Waals surface area contributed by atoms with Gasteiger partial charge in [-0.05, 0) is 86.1 Å². The van der Waals surface area contributed by atoms with E-state index in [-0.39, 0.29) is 17.0 Å². The molecule has 2 heterocycles. The van der Waals surface area contributed by atoms with E-state index >= 15 is 0 Å². The van der Waals surface area contributed by atoms with Crippen molar-refractivity contribution in [1.82, 2.24) is 9.47 Å². The van der Waals surface area contributed by atoms with E-state index in [1.54, 1.807) is 30.3 Å². The second kappa shape index (κ2) is 9.63. The first kappa shape index (κ1) is 24.0. The maximum Gasteiger partial charge on any atom is 0.335 e. The fourth-order valence-corrected chi connectivity index (χ4v) is 4.74. The van der Waals surface area contributed by atoms with Crippen LogP contribution in [0.2, 0.25) is 0 Å². The van der Waals surface area contributed by atoms with Gasteiger partial charge in [-0.25, -0.2) is 4.79 Å². The summed E-state index contributed by atoms with van der Waals surface area (Å²) in [4.78, 5) is 50.2. The zero-order chi connectivity index (χ0) is 25.3. The molecule has 1 fully saturated rings. The molecule has 0 radical (unpaired) electrons. The van der Waals surface area contributed by atoms with Gasteiger partial charge in [-0.2, -0.15) is 0 Å². The van der Waals surface area contributed by atoms with E-state index in [1.807, 2.05) is 43.5 Å². The predicted molar refractivity (Wildman–Crippen MR) is 135 cm³/mol. The van der Waals surface area contributed by atoms with Crippen molar-refractivity contribution in [2.75, 3.05) is 11.9 Å². The number of carboxylic acids is 1. The molecule has 2 aromatic carbocycles. The molecule has 3 aromatic rings. The van der Waals surface area contributed by atoms with Crippen molar-refractivity contribution < 1.29 is 24.3 Å². The minimum absolute atomic E-state index is 0.191. The number of anilines is 1. The SMILES string of the molecule is Cc1ccccc1NC(=O)CN1C(=O)S/C(=C/c2cc(C)n(-c3ccc(C(=O)O)cc3)c2C)C1=O. The number of carbonyl (C=O) groups is 4. The molecule has 0 unspecified atom stereocenters. The molecule has 0 spiro atoms. The van der Waals surface area contributed by atoms with Crippen LogP contribution in [0.25, 0.3) is 11.8 Å². The third-order valence-corrected chi connectivity index (χ3v) is 6.63. The van der Waals surface area contributed by atoms with Crippen molar-refractivity contribution in [2.24, 2.45) is 0 Å². The zero-order valence-corrected chi connectivity index (χ0v) is 20.2. The number of aryl methyl sites for hydroxylation is 2. The number of carbonyl (C=O) groups excluding carboxylic acids is 3. The summed E-state index contributed by atoms with van der Waals surface area (Å²) in [6, 6.07) is 15.6. The van der Waals surface area contributed by atoms with Crippen molar-refractivity contribution in [3.63, 3.8) is 0 Å². The zero-order valence-electron chi connectivity index (χ0n) is 19.4. The number of carboxylic acid groups (broad SMARTS) is 1. The largest absolute Gasteiger partial charge is 0.478 e. The Morgan fingerprint density at radius 1 is 1.03 bits per heavy atom. The van der Waals surface area contributed by atoms with Crippen molar-refractivity contribution in [3.05, 3.63) is 87.6 Å². The highest BCUT2D eigenvalue weighted by atomic mass is 32.2. The number of imide groups is 1. The number of aromatic nitrogens is 1. The number of nitrogens with zero attached hydrogens (tertiary/aromatic N) is 2. The van der Waals surface area contributed by atoms with Crippen LogP contribution in [0.4, 0.5) is 10.5 Å². The van der Waals surface area contributed by atoms with Crippen molar-refractivity contribution in [3.8, 4) is 5.69 Å². The number of amides is 3. The van der Waals surface area contributed by atoms with Gasteiger partial charge in [0.05, 0.1) is 10.5 Å². The number of aromatic carboxylic acids is 1. The summed E-state index contributed by atoms with van der Waals surface area (Å²) >= 11 is 0.797. The lowest BCUT2D eigenvalue weighted by Crippen LogP contribution is -2.36. The molecule has 9 heteroatoms. The second-order valence-electron chi connectivity index (χ2n) is 8.14. The van der Waals surface area contributed by atoms with Crippen LogP contribution in [0.3, 0.4) is 0 Å². The number of nitrogens with one attached hydrogen (secondary N) is 1.